The third-order valence-electron chi connectivity index (χ3n) is 7.23. The van der Waals surface area contributed by atoms with Crippen molar-refractivity contribution in [2.45, 2.75) is 45.6 Å². The van der Waals surface area contributed by atoms with Crippen molar-refractivity contribution in [1.82, 2.24) is 9.80 Å². The zero-order valence-corrected chi connectivity index (χ0v) is 21.3. The van der Waals surface area contributed by atoms with Gasteiger partial charge >= 0.3 is 5.97 Å². The zero-order valence-electron chi connectivity index (χ0n) is 20.5. The summed E-state index contributed by atoms with van der Waals surface area (Å²) in [5, 5.41) is 0.712. The highest BCUT2D eigenvalue weighted by Gasteiger charge is 2.37. The average molecular weight is 501 g/mol. The summed E-state index contributed by atoms with van der Waals surface area (Å²) in [6, 6.07) is 13.0. The highest BCUT2D eigenvalue weighted by Crippen LogP contribution is 2.34. The van der Waals surface area contributed by atoms with E-state index >= 15 is 0 Å². The second kappa shape index (κ2) is 11.5. The van der Waals surface area contributed by atoms with Crippen molar-refractivity contribution in [2.75, 3.05) is 32.8 Å². The molecule has 7 heteroatoms. The third kappa shape index (κ3) is 6.22. The highest BCUT2D eigenvalue weighted by atomic mass is 35.5. The first-order valence-corrected chi connectivity index (χ1v) is 12.9. The maximum absolute atomic E-state index is 14.0. The van der Waals surface area contributed by atoms with Gasteiger partial charge in [-0.05, 0) is 67.9 Å². The summed E-state index contributed by atoms with van der Waals surface area (Å²) in [5.41, 5.74) is 2.69. The summed E-state index contributed by atoms with van der Waals surface area (Å²) < 4.78 is 19.2. The Morgan fingerprint density at radius 1 is 1.11 bits per heavy atom. The Hall–Kier alpha value is -2.44. The minimum atomic E-state index is -0.258. The van der Waals surface area contributed by atoms with Gasteiger partial charge in [0.15, 0.2) is 0 Å². The van der Waals surface area contributed by atoms with E-state index in [1.54, 1.807) is 13.8 Å². The Morgan fingerprint density at radius 3 is 2.66 bits per heavy atom. The molecule has 2 saturated heterocycles. The SMILES string of the molecule is CCOC(=O)[C@H]1CCCN(C(=O)[C@H]2C[C@H](c3ccc(F)c(C)c3)CN(Cc3ccccc3Cl)C2)C1. The molecule has 0 spiro atoms. The molecule has 3 atom stereocenters. The van der Waals surface area contributed by atoms with Crippen LogP contribution in [0.1, 0.15) is 48.8 Å². The molecule has 5 nitrogen and oxygen atoms in total. The number of hydrogen-bond donors (Lipinski definition) is 0. The monoisotopic (exact) mass is 500 g/mol. The van der Waals surface area contributed by atoms with Gasteiger partial charge in [0.25, 0.3) is 0 Å². The van der Waals surface area contributed by atoms with Crippen molar-refractivity contribution in [3.63, 3.8) is 0 Å². The summed E-state index contributed by atoms with van der Waals surface area (Å²) in [6.45, 7) is 7.04. The molecule has 2 aromatic carbocycles. The van der Waals surface area contributed by atoms with Crippen molar-refractivity contribution in [1.29, 1.82) is 0 Å². The molecule has 2 aromatic rings. The molecule has 4 rings (SSSR count). The predicted molar refractivity (Wildman–Crippen MR) is 135 cm³/mol. The van der Waals surface area contributed by atoms with Crippen LogP contribution in [-0.4, -0.2) is 54.5 Å². The number of halogens is 2. The Kier molecular flexibility index (Phi) is 8.45. The van der Waals surface area contributed by atoms with Crippen LogP contribution in [0.4, 0.5) is 4.39 Å². The van der Waals surface area contributed by atoms with E-state index in [0.717, 1.165) is 30.5 Å². The second-order valence-electron chi connectivity index (χ2n) is 9.80. The van der Waals surface area contributed by atoms with E-state index in [-0.39, 0.29) is 35.4 Å². The zero-order chi connectivity index (χ0) is 24.9. The summed E-state index contributed by atoms with van der Waals surface area (Å²) in [5.74, 6) is -0.706. The molecule has 0 radical (unpaired) electrons. The van der Waals surface area contributed by atoms with Gasteiger partial charge in [-0.15, -0.1) is 0 Å². The molecule has 35 heavy (non-hydrogen) atoms. The number of benzene rings is 2. The van der Waals surface area contributed by atoms with E-state index in [4.69, 9.17) is 16.3 Å². The Morgan fingerprint density at radius 2 is 1.91 bits per heavy atom. The first-order chi connectivity index (χ1) is 16.9. The van der Waals surface area contributed by atoms with Gasteiger partial charge in [0.05, 0.1) is 18.4 Å². The predicted octanol–water partition coefficient (Wildman–Crippen LogP) is 5.19. The Bertz CT molecular complexity index is 1060. The standard InChI is InChI=1S/C28H34ClFN2O3/c1-3-35-28(34)22-8-6-12-32(18-22)27(33)24-14-23(20-10-11-26(30)19(2)13-20)16-31(17-24)15-21-7-4-5-9-25(21)29/h4-5,7,9-11,13,22-24H,3,6,8,12,14-18H2,1-2H3/t22-,23-,24-/m0/s1. The van der Waals surface area contributed by atoms with Crippen LogP contribution >= 0.6 is 11.6 Å². The van der Waals surface area contributed by atoms with Crippen LogP contribution in [0.5, 0.6) is 0 Å². The van der Waals surface area contributed by atoms with Crippen molar-refractivity contribution < 1.29 is 18.7 Å². The lowest BCUT2D eigenvalue weighted by molar-refractivity contribution is -0.152. The van der Waals surface area contributed by atoms with Gasteiger partial charge in [-0.3, -0.25) is 14.5 Å². The summed E-state index contributed by atoms with van der Waals surface area (Å²) >= 11 is 6.44. The minimum Gasteiger partial charge on any atom is -0.466 e. The lowest BCUT2D eigenvalue weighted by atomic mass is 9.82. The maximum atomic E-state index is 14.0. The largest absolute Gasteiger partial charge is 0.466 e. The molecule has 0 saturated carbocycles. The first kappa shape index (κ1) is 25.6. The Balaban J connectivity index is 1.54. The van der Waals surface area contributed by atoms with E-state index < -0.39 is 0 Å². The number of likely N-dealkylation sites (tertiary alicyclic amines) is 2. The van der Waals surface area contributed by atoms with Crippen molar-refractivity contribution >= 4 is 23.5 Å². The van der Waals surface area contributed by atoms with Crippen LogP contribution < -0.4 is 0 Å². The van der Waals surface area contributed by atoms with Crippen molar-refractivity contribution in [2.24, 2.45) is 11.8 Å². The van der Waals surface area contributed by atoms with Crippen LogP contribution in [0, 0.1) is 24.6 Å². The number of carbonyl (C=O) groups excluding carboxylic acids is 2. The molecule has 2 heterocycles. The topological polar surface area (TPSA) is 49.9 Å². The molecule has 188 valence electrons. The molecule has 0 N–H and O–H groups in total. The number of amides is 1. The summed E-state index contributed by atoms with van der Waals surface area (Å²) in [7, 11) is 0. The number of rotatable bonds is 6. The highest BCUT2D eigenvalue weighted by molar-refractivity contribution is 6.31. The van der Waals surface area contributed by atoms with Gasteiger partial charge in [0.2, 0.25) is 5.91 Å². The number of ether oxygens (including phenoxy) is 1. The quantitative estimate of drug-likeness (QED) is 0.512. The molecule has 0 bridgehead atoms. The summed E-state index contributed by atoms with van der Waals surface area (Å²) in [6.07, 6.45) is 2.25. The first-order valence-electron chi connectivity index (χ1n) is 12.5. The van der Waals surface area contributed by atoms with Gasteiger partial charge in [0.1, 0.15) is 5.82 Å². The lowest BCUT2D eigenvalue weighted by Crippen LogP contribution is -2.50. The molecule has 0 unspecified atom stereocenters. The molecule has 2 aliphatic heterocycles. The van der Waals surface area contributed by atoms with Gasteiger partial charge < -0.3 is 9.64 Å². The van der Waals surface area contributed by atoms with Crippen LogP contribution in [0.3, 0.4) is 0 Å². The fourth-order valence-electron chi connectivity index (χ4n) is 5.42. The maximum Gasteiger partial charge on any atom is 0.310 e. The molecule has 2 fully saturated rings. The number of carbonyl (C=O) groups is 2. The van der Waals surface area contributed by atoms with Crippen LogP contribution in [0.15, 0.2) is 42.5 Å². The normalized spacial score (nSPS) is 23.2. The number of esters is 1. The molecule has 0 aliphatic carbocycles. The van der Waals surface area contributed by atoms with Gasteiger partial charge in [-0.2, -0.15) is 0 Å². The van der Waals surface area contributed by atoms with Crippen molar-refractivity contribution in [3.05, 3.63) is 70.0 Å². The lowest BCUT2D eigenvalue weighted by Gasteiger charge is -2.41. The number of piperidine rings is 2. The van der Waals surface area contributed by atoms with Crippen LogP contribution in [0.25, 0.3) is 0 Å². The van der Waals surface area contributed by atoms with Gasteiger partial charge in [0, 0.05) is 37.7 Å². The molecular formula is C28H34ClFN2O3. The minimum absolute atomic E-state index is 0.0895. The molecule has 2 aliphatic rings. The van der Waals surface area contributed by atoms with Gasteiger partial charge in [-0.1, -0.05) is 41.9 Å². The number of hydrogen-bond acceptors (Lipinski definition) is 4. The van der Waals surface area contributed by atoms with Crippen LogP contribution in [-0.2, 0) is 20.9 Å². The number of aryl methyl sites for hydroxylation is 1. The van der Waals surface area contributed by atoms with E-state index in [0.29, 0.717) is 49.8 Å². The average Bonchev–Trinajstić information content (AvgIpc) is 2.86. The smallest absolute Gasteiger partial charge is 0.310 e. The van der Waals surface area contributed by atoms with E-state index in [9.17, 15) is 14.0 Å². The third-order valence-corrected chi connectivity index (χ3v) is 7.60. The summed E-state index contributed by atoms with van der Waals surface area (Å²) in [4.78, 5) is 30.1. The Labute approximate surface area is 212 Å². The van der Waals surface area contributed by atoms with E-state index in [1.807, 2.05) is 41.3 Å². The fraction of sp³-hybridized carbons (Fsp3) is 0.500. The number of nitrogens with zero attached hydrogens (tertiary/aromatic N) is 2. The van der Waals surface area contributed by atoms with Crippen LogP contribution in [0.2, 0.25) is 5.02 Å². The second-order valence-corrected chi connectivity index (χ2v) is 10.2. The van der Waals surface area contributed by atoms with Gasteiger partial charge in [-0.25, -0.2) is 4.39 Å². The fourth-order valence-corrected chi connectivity index (χ4v) is 5.61. The van der Waals surface area contributed by atoms with E-state index in [1.165, 1.54) is 6.07 Å². The molecular weight excluding hydrogens is 467 g/mol. The van der Waals surface area contributed by atoms with Crippen molar-refractivity contribution in [3.8, 4) is 0 Å². The molecule has 0 aromatic heterocycles. The van der Waals surface area contributed by atoms with E-state index in [2.05, 4.69) is 4.90 Å². The molecule has 1 amide bonds.